The monoisotopic (exact) mass is 694 g/mol. The van der Waals surface area contributed by atoms with Gasteiger partial charge in [0.1, 0.15) is 24.2 Å². The van der Waals surface area contributed by atoms with E-state index in [1.165, 1.54) is 30.6 Å². The predicted octanol–water partition coefficient (Wildman–Crippen LogP) is 6.08. The van der Waals surface area contributed by atoms with Crippen molar-refractivity contribution in [2.24, 2.45) is 4.99 Å². The minimum atomic E-state index is -0.812. The molecular weight excluding hydrogens is 663 g/mol. The Morgan fingerprint density at radius 3 is 2.44 bits per heavy atom. The standard InChI is InChI=1S/C34H32BrFN2O6S/c1-5-7-25-30(33(40)43-6-2)31(24-18-22(35)11-15-26(24)41-3)38-32(39)29(45-34(38)37-25)17-21-10-14-27(28(16-21)42-4)44-19-20-8-12-23(36)13-9-20/h8-18,31H,5-7,19H2,1-4H3/b29-17+/t31-/m1/s1. The molecule has 1 atom stereocenters. The molecule has 1 aliphatic rings. The van der Waals surface area contributed by atoms with E-state index in [0.717, 1.165) is 16.5 Å². The third-order valence-corrected chi connectivity index (χ3v) is 8.65. The number of benzene rings is 3. The van der Waals surface area contributed by atoms with Gasteiger partial charge in [0.15, 0.2) is 16.3 Å². The summed E-state index contributed by atoms with van der Waals surface area (Å²) in [5.41, 5.74) is 2.75. The van der Waals surface area contributed by atoms with Crippen LogP contribution < -0.4 is 29.1 Å². The largest absolute Gasteiger partial charge is 0.496 e. The fourth-order valence-electron chi connectivity index (χ4n) is 5.12. The predicted molar refractivity (Wildman–Crippen MR) is 174 cm³/mol. The maximum atomic E-state index is 14.2. The Balaban J connectivity index is 1.61. The molecule has 0 unspecified atom stereocenters. The Bertz CT molecular complexity index is 1930. The minimum Gasteiger partial charge on any atom is -0.496 e. The number of hydrogen-bond acceptors (Lipinski definition) is 8. The third-order valence-electron chi connectivity index (χ3n) is 7.17. The smallest absolute Gasteiger partial charge is 0.338 e. The van der Waals surface area contributed by atoms with Gasteiger partial charge in [-0.15, -0.1) is 0 Å². The number of carbonyl (C=O) groups excluding carboxylic acids is 1. The average Bonchev–Trinajstić information content (AvgIpc) is 3.34. The molecular formula is C34H32BrFN2O6S. The van der Waals surface area contributed by atoms with Crippen LogP contribution in [-0.2, 0) is 16.1 Å². The van der Waals surface area contributed by atoms with E-state index in [0.29, 0.717) is 55.4 Å². The summed E-state index contributed by atoms with van der Waals surface area (Å²) in [6, 6.07) is 16.1. The van der Waals surface area contributed by atoms with Crippen molar-refractivity contribution in [1.29, 1.82) is 0 Å². The van der Waals surface area contributed by atoms with Crippen LogP contribution in [-0.4, -0.2) is 31.4 Å². The lowest BCUT2D eigenvalue weighted by Crippen LogP contribution is -2.40. The lowest BCUT2D eigenvalue weighted by molar-refractivity contribution is -0.139. The number of allylic oxidation sites excluding steroid dienone is 1. The lowest BCUT2D eigenvalue weighted by Gasteiger charge is -2.27. The molecule has 0 spiro atoms. The molecule has 0 N–H and O–H groups in total. The maximum absolute atomic E-state index is 14.2. The Morgan fingerprint density at radius 2 is 1.76 bits per heavy atom. The van der Waals surface area contributed by atoms with E-state index >= 15 is 0 Å². The van der Waals surface area contributed by atoms with Gasteiger partial charge >= 0.3 is 5.97 Å². The van der Waals surface area contributed by atoms with Crippen molar-refractivity contribution < 1.29 is 28.1 Å². The van der Waals surface area contributed by atoms with Crippen LogP contribution in [0.15, 0.2) is 86.2 Å². The van der Waals surface area contributed by atoms with Crippen LogP contribution in [0.25, 0.3) is 6.08 Å². The molecule has 45 heavy (non-hydrogen) atoms. The molecule has 3 aromatic carbocycles. The molecule has 0 aliphatic carbocycles. The number of methoxy groups -OCH3 is 2. The first-order valence-corrected chi connectivity index (χ1v) is 16.0. The lowest BCUT2D eigenvalue weighted by atomic mass is 9.93. The number of nitrogens with zero attached hydrogens (tertiary/aromatic N) is 2. The number of hydrogen-bond donors (Lipinski definition) is 0. The molecule has 0 saturated carbocycles. The zero-order valence-electron chi connectivity index (χ0n) is 25.3. The van der Waals surface area contributed by atoms with Gasteiger partial charge < -0.3 is 18.9 Å². The molecule has 5 rings (SSSR count). The number of carbonyl (C=O) groups is 1. The highest BCUT2D eigenvalue weighted by molar-refractivity contribution is 9.10. The maximum Gasteiger partial charge on any atom is 0.338 e. The van der Waals surface area contributed by atoms with Crippen LogP contribution in [0.2, 0.25) is 0 Å². The topological polar surface area (TPSA) is 88.4 Å². The first kappa shape index (κ1) is 32.2. The molecule has 1 aromatic heterocycles. The van der Waals surface area contributed by atoms with E-state index in [1.807, 2.05) is 25.1 Å². The zero-order valence-corrected chi connectivity index (χ0v) is 27.7. The van der Waals surface area contributed by atoms with Gasteiger partial charge in [-0.2, -0.15) is 0 Å². The van der Waals surface area contributed by atoms with Gasteiger partial charge in [-0.25, -0.2) is 14.2 Å². The second kappa shape index (κ2) is 14.3. The van der Waals surface area contributed by atoms with Crippen molar-refractivity contribution >= 4 is 39.3 Å². The highest BCUT2D eigenvalue weighted by Gasteiger charge is 2.36. The van der Waals surface area contributed by atoms with Gasteiger partial charge in [-0.3, -0.25) is 9.36 Å². The summed E-state index contributed by atoms with van der Waals surface area (Å²) in [5.74, 6) is 0.674. The van der Waals surface area contributed by atoms with Crippen molar-refractivity contribution in [3.63, 3.8) is 0 Å². The first-order valence-electron chi connectivity index (χ1n) is 14.4. The Kier molecular flexibility index (Phi) is 10.2. The number of halogens is 2. The van der Waals surface area contributed by atoms with E-state index < -0.39 is 12.0 Å². The summed E-state index contributed by atoms with van der Waals surface area (Å²) in [6.45, 7) is 4.17. The second-order valence-corrected chi connectivity index (χ2v) is 12.1. The zero-order chi connectivity index (χ0) is 32.1. The third kappa shape index (κ3) is 6.89. The molecule has 4 aromatic rings. The number of aromatic nitrogens is 1. The Labute approximate surface area is 272 Å². The summed E-state index contributed by atoms with van der Waals surface area (Å²) in [4.78, 5) is 32.9. The SMILES string of the molecule is CCCC1=C(C(=O)OCC)[C@@H](c2cc(Br)ccc2OC)n2c(s/c(=C/c3ccc(OCc4ccc(F)cc4)c(OC)c3)c2=O)=N1. The quantitative estimate of drug-likeness (QED) is 0.177. The van der Waals surface area contributed by atoms with Crippen molar-refractivity contribution in [1.82, 2.24) is 4.57 Å². The number of fused-ring (bicyclic) bond motifs is 1. The summed E-state index contributed by atoms with van der Waals surface area (Å²) < 4.78 is 38.7. The summed E-state index contributed by atoms with van der Waals surface area (Å²) in [5, 5.41) is 0. The van der Waals surface area contributed by atoms with Gasteiger partial charge in [0.25, 0.3) is 5.56 Å². The molecule has 11 heteroatoms. The van der Waals surface area contributed by atoms with Crippen molar-refractivity contribution in [3.05, 3.63) is 119 Å². The first-order chi connectivity index (χ1) is 21.8. The van der Waals surface area contributed by atoms with Crippen LogP contribution in [0.3, 0.4) is 0 Å². The number of esters is 1. The van der Waals surface area contributed by atoms with Crippen LogP contribution in [0.1, 0.15) is 49.4 Å². The van der Waals surface area contributed by atoms with Gasteiger partial charge in [0.2, 0.25) is 0 Å². The van der Waals surface area contributed by atoms with Crippen molar-refractivity contribution in [2.45, 2.75) is 39.3 Å². The molecule has 234 valence electrons. The van der Waals surface area contributed by atoms with Crippen molar-refractivity contribution in [2.75, 3.05) is 20.8 Å². The molecule has 0 amide bonds. The number of ether oxygens (including phenoxy) is 4. The van der Waals surface area contributed by atoms with Crippen LogP contribution >= 0.6 is 27.3 Å². The van der Waals surface area contributed by atoms with Crippen molar-refractivity contribution in [3.8, 4) is 17.2 Å². The summed E-state index contributed by atoms with van der Waals surface area (Å²) >= 11 is 4.78. The van der Waals surface area contributed by atoms with Gasteiger partial charge in [0.05, 0.1) is 36.6 Å². The highest BCUT2D eigenvalue weighted by Crippen LogP contribution is 2.38. The second-order valence-electron chi connectivity index (χ2n) is 10.1. The Hall–Kier alpha value is -4.22. The number of rotatable bonds is 11. The summed E-state index contributed by atoms with van der Waals surface area (Å²) in [6.07, 6.45) is 3.04. The average molecular weight is 696 g/mol. The highest BCUT2D eigenvalue weighted by atomic mass is 79.9. The van der Waals surface area contributed by atoms with Crippen LogP contribution in [0.4, 0.5) is 4.39 Å². The fourth-order valence-corrected chi connectivity index (χ4v) is 6.52. The van der Waals surface area contributed by atoms with E-state index in [4.69, 9.17) is 23.9 Å². The van der Waals surface area contributed by atoms with Gasteiger partial charge in [-0.05, 0) is 73.0 Å². The van der Waals surface area contributed by atoms with Gasteiger partial charge in [-0.1, -0.05) is 58.8 Å². The van der Waals surface area contributed by atoms with E-state index in [-0.39, 0.29) is 24.6 Å². The molecule has 0 radical (unpaired) electrons. The minimum absolute atomic E-state index is 0.180. The van der Waals surface area contributed by atoms with E-state index in [2.05, 4.69) is 15.9 Å². The summed E-state index contributed by atoms with van der Waals surface area (Å²) in [7, 11) is 3.09. The molecule has 8 nitrogen and oxygen atoms in total. The molecule has 0 bridgehead atoms. The Morgan fingerprint density at radius 1 is 1.02 bits per heavy atom. The van der Waals surface area contributed by atoms with E-state index in [1.54, 1.807) is 55.0 Å². The van der Waals surface area contributed by atoms with Gasteiger partial charge in [0, 0.05) is 10.0 Å². The normalized spacial score (nSPS) is 14.5. The molecule has 0 fully saturated rings. The van der Waals surface area contributed by atoms with Crippen LogP contribution in [0.5, 0.6) is 17.2 Å². The fraction of sp³-hybridized carbons (Fsp3) is 0.265. The van der Waals surface area contributed by atoms with Crippen LogP contribution in [0, 0.1) is 5.82 Å². The molecule has 2 heterocycles. The van der Waals surface area contributed by atoms with E-state index in [9.17, 15) is 14.0 Å². The molecule has 1 aliphatic heterocycles. The number of thiazole rings is 1. The molecule has 0 saturated heterocycles.